The van der Waals surface area contributed by atoms with Gasteiger partial charge in [0.05, 0.1) is 16.9 Å². The van der Waals surface area contributed by atoms with Crippen LogP contribution in [0.5, 0.6) is 0 Å². The van der Waals surface area contributed by atoms with Gasteiger partial charge < -0.3 is 35.1 Å². The van der Waals surface area contributed by atoms with E-state index in [0.717, 1.165) is 31.7 Å². The Morgan fingerprint density at radius 3 is 2.30 bits per heavy atom. The number of carbonyl (C=O) groups excluding carboxylic acids is 2. The van der Waals surface area contributed by atoms with Crippen molar-refractivity contribution in [3.8, 4) is 0 Å². The third-order valence-corrected chi connectivity index (χ3v) is 10.2. The van der Waals surface area contributed by atoms with Crippen molar-refractivity contribution in [2.45, 2.75) is 122 Å². The van der Waals surface area contributed by atoms with Crippen LogP contribution in [0.25, 0.3) is 11.0 Å². The maximum Gasteiger partial charge on any atom is 0.407 e. The van der Waals surface area contributed by atoms with Crippen LogP contribution in [-0.2, 0) is 21.8 Å². The number of alkyl carbamates (subject to hydrolysis) is 1. The zero-order valence-corrected chi connectivity index (χ0v) is 30.1. The number of benzene rings is 1. The lowest BCUT2D eigenvalue weighted by atomic mass is 9.90. The zero-order valence-electron chi connectivity index (χ0n) is 29.1. The molecule has 1 unspecified atom stereocenters. The second-order valence-corrected chi connectivity index (χ2v) is 20.6. The minimum atomic E-state index is -1.31. The molecule has 3 aromatic rings. The van der Waals surface area contributed by atoms with Crippen molar-refractivity contribution in [3.05, 3.63) is 53.6 Å². The first kappa shape index (κ1) is 36.4. The second-order valence-electron chi connectivity index (χ2n) is 15.0. The van der Waals surface area contributed by atoms with E-state index >= 15 is 0 Å². The van der Waals surface area contributed by atoms with Gasteiger partial charge in [0.2, 0.25) is 0 Å². The summed E-state index contributed by atoms with van der Waals surface area (Å²) in [6, 6.07) is 8.52. The fraction of sp³-hybridized carbons (Fsp3) is 0.571. The molecule has 0 bridgehead atoms. The summed E-state index contributed by atoms with van der Waals surface area (Å²) in [5.74, 6) is -0.786. The lowest BCUT2D eigenvalue weighted by Gasteiger charge is -2.31. The Hall–Kier alpha value is -3.48. The first-order chi connectivity index (χ1) is 22.0. The molecule has 1 saturated carbocycles. The fourth-order valence-corrected chi connectivity index (χ4v) is 6.37. The molecule has 1 aliphatic rings. The molecule has 2 amide bonds. The van der Waals surface area contributed by atoms with Crippen molar-refractivity contribution in [3.63, 3.8) is 0 Å². The Kier molecular flexibility index (Phi) is 11.4. The van der Waals surface area contributed by atoms with Crippen LogP contribution in [0.2, 0.25) is 25.7 Å². The highest BCUT2D eigenvalue weighted by Gasteiger charge is 2.31. The largest absolute Gasteiger partial charge is 0.444 e. The van der Waals surface area contributed by atoms with Gasteiger partial charge in [-0.3, -0.25) is 4.79 Å². The number of pyridine rings is 1. The van der Waals surface area contributed by atoms with Gasteiger partial charge in [0.1, 0.15) is 29.4 Å². The molecule has 2 heterocycles. The summed E-state index contributed by atoms with van der Waals surface area (Å²) in [7, 11) is -1.31. The van der Waals surface area contributed by atoms with Gasteiger partial charge in [-0.1, -0.05) is 26.6 Å². The molecule has 258 valence electrons. The van der Waals surface area contributed by atoms with E-state index in [2.05, 4.69) is 35.6 Å². The van der Waals surface area contributed by atoms with Gasteiger partial charge >= 0.3 is 6.09 Å². The Balaban J connectivity index is 1.67. The van der Waals surface area contributed by atoms with Gasteiger partial charge in [-0.05, 0) is 96.2 Å². The van der Waals surface area contributed by atoms with E-state index in [9.17, 15) is 19.1 Å². The van der Waals surface area contributed by atoms with E-state index in [4.69, 9.17) is 14.5 Å². The topological polar surface area (TPSA) is 127 Å². The summed E-state index contributed by atoms with van der Waals surface area (Å²) in [5, 5.41) is 21.7. The van der Waals surface area contributed by atoms with E-state index in [1.165, 1.54) is 24.3 Å². The Bertz CT molecular complexity index is 1540. The van der Waals surface area contributed by atoms with Crippen LogP contribution >= 0.6 is 0 Å². The maximum absolute atomic E-state index is 13.7. The average Bonchev–Trinajstić information content (AvgIpc) is 3.36. The van der Waals surface area contributed by atoms with Crippen molar-refractivity contribution in [2.24, 2.45) is 0 Å². The highest BCUT2D eigenvalue weighted by atomic mass is 28.3. The lowest BCUT2D eigenvalue weighted by Crippen LogP contribution is -2.42. The second kappa shape index (κ2) is 14.7. The quantitative estimate of drug-likeness (QED) is 0.116. The van der Waals surface area contributed by atoms with Crippen LogP contribution in [0, 0.1) is 5.82 Å². The Labute approximate surface area is 278 Å². The van der Waals surface area contributed by atoms with Crippen LogP contribution in [0.3, 0.4) is 0 Å². The van der Waals surface area contributed by atoms with E-state index in [0.29, 0.717) is 46.7 Å². The normalized spacial score (nSPS) is 18.4. The van der Waals surface area contributed by atoms with Gasteiger partial charge in [-0.2, -0.15) is 0 Å². The molecule has 0 radical (unpaired) electrons. The van der Waals surface area contributed by atoms with Gasteiger partial charge in [0.15, 0.2) is 0 Å². The average molecular weight is 670 g/mol. The number of hydrogen-bond acceptors (Lipinski definition) is 7. The van der Waals surface area contributed by atoms with Crippen molar-refractivity contribution >= 4 is 42.5 Å². The summed E-state index contributed by atoms with van der Waals surface area (Å²) in [6.07, 6.45) is 4.57. The zero-order chi connectivity index (χ0) is 34.6. The van der Waals surface area contributed by atoms with E-state index < -0.39 is 37.1 Å². The summed E-state index contributed by atoms with van der Waals surface area (Å²) in [6.45, 7) is 16.9. The molecular weight excluding hydrogens is 617 g/mol. The van der Waals surface area contributed by atoms with Crippen LogP contribution < -0.4 is 16.0 Å². The number of nitrogens with one attached hydrogen (secondary N) is 3. The monoisotopic (exact) mass is 669 g/mol. The molecule has 0 aliphatic heterocycles. The van der Waals surface area contributed by atoms with Gasteiger partial charge in [0.25, 0.3) is 5.91 Å². The maximum atomic E-state index is 13.7. The molecular formula is C35H52FN5O5Si. The number of ether oxygens (including phenoxy) is 2. The summed E-state index contributed by atoms with van der Waals surface area (Å²) in [5.41, 5.74) is 0.906. The number of carbonyl (C=O) groups is 2. The number of rotatable bonds is 12. The molecule has 4 N–H and O–H groups in total. The molecule has 10 nitrogen and oxygen atoms in total. The number of amides is 2. The standard InChI is InChI=1S/C35H52FN5O5Si/c1-9-35(5,44)29-20-27-30(38-24-14-16-26(17-15-24)40-33(43)46-34(2,3)4)28(32(42)39-25-12-10-23(36)11-13-25)21-37-31(27)41(29)22-45-18-19-47(6,7)8/h10-13,20-21,24,26,44H,9,14-19,22H2,1-8H3,(H,37,38)(H,39,42)(H,40,43). The molecule has 0 saturated heterocycles. The number of halogens is 1. The van der Waals surface area contributed by atoms with Gasteiger partial charge in [-0.15, -0.1) is 0 Å². The van der Waals surface area contributed by atoms with Crippen molar-refractivity contribution < 1.29 is 28.6 Å². The lowest BCUT2D eigenvalue weighted by molar-refractivity contribution is 0.0296. The molecule has 1 fully saturated rings. The highest BCUT2D eigenvalue weighted by Crippen LogP contribution is 2.36. The highest BCUT2D eigenvalue weighted by molar-refractivity contribution is 6.76. The minimum Gasteiger partial charge on any atom is -0.444 e. The molecule has 12 heteroatoms. The van der Waals surface area contributed by atoms with Crippen LogP contribution in [0.1, 0.15) is 82.8 Å². The molecule has 1 atom stereocenters. The van der Waals surface area contributed by atoms with Crippen LogP contribution in [-0.4, -0.2) is 59.0 Å². The summed E-state index contributed by atoms with van der Waals surface area (Å²) >= 11 is 0. The van der Waals surface area contributed by atoms with Gasteiger partial charge in [0, 0.05) is 44.0 Å². The number of aliphatic hydroxyl groups is 1. The van der Waals surface area contributed by atoms with Crippen molar-refractivity contribution in [1.82, 2.24) is 14.9 Å². The third kappa shape index (κ3) is 10.0. The number of fused-ring (bicyclic) bond motifs is 1. The van der Waals surface area contributed by atoms with Crippen LogP contribution in [0.15, 0.2) is 36.5 Å². The van der Waals surface area contributed by atoms with E-state index in [-0.39, 0.29) is 18.8 Å². The number of aromatic nitrogens is 2. The molecule has 47 heavy (non-hydrogen) atoms. The number of nitrogens with zero attached hydrogens (tertiary/aromatic N) is 2. The van der Waals surface area contributed by atoms with Gasteiger partial charge in [-0.25, -0.2) is 14.2 Å². The fourth-order valence-electron chi connectivity index (χ4n) is 5.61. The van der Waals surface area contributed by atoms with Crippen molar-refractivity contribution in [1.29, 1.82) is 0 Å². The minimum absolute atomic E-state index is 0.0118. The smallest absolute Gasteiger partial charge is 0.407 e. The molecule has 2 aromatic heterocycles. The molecule has 1 aromatic carbocycles. The van der Waals surface area contributed by atoms with Crippen molar-refractivity contribution in [2.75, 3.05) is 17.2 Å². The summed E-state index contributed by atoms with van der Waals surface area (Å²) in [4.78, 5) is 30.8. The predicted octanol–water partition coefficient (Wildman–Crippen LogP) is 7.61. The Morgan fingerprint density at radius 1 is 1.06 bits per heavy atom. The molecule has 4 rings (SSSR count). The Morgan fingerprint density at radius 2 is 1.70 bits per heavy atom. The number of hydrogen-bond donors (Lipinski definition) is 4. The predicted molar refractivity (Wildman–Crippen MR) is 187 cm³/mol. The summed E-state index contributed by atoms with van der Waals surface area (Å²) < 4.78 is 27.0. The van der Waals surface area contributed by atoms with Crippen LogP contribution in [0.4, 0.5) is 20.6 Å². The first-order valence-corrected chi connectivity index (χ1v) is 20.3. The molecule has 0 spiro atoms. The SMILES string of the molecule is CCC(C)(O)c1cc2c(NC3CCC(NC(=O)OC(C)(C)C)CC3)c(C(=O)Nc3ccc(F)cc3)cnc2n1COCC[Si](C)(C)C. The number of anilines is 2. The third-order valence-electron chi connectivity index (χ3n) is 8.52. The van der Waals surface area contributed by atoms with E-state index in [1.54, 1.807) is 13.1 Å². The molecule has 1 aliphatic carbocycles. The first-order valence-electron chi connectivity index (χ1n) is 16.6. The van der Waals surface area contributed by atoms with E-state index in [1.807, 2.05) is 38.3 Å².